The largest absolute Gasteiger partial charge is 0.356 e. The normalized spacial score (nSPS) is 15.0. The Balaban J connectivity index is 1.83. The molecule has 0 saturated carbocycles. The highest BCUT2D eigenvalue weighted by Gasteiger charge is 2.13. The zero-order chi connectivity index (χ0) is 14.7. The van der Waals surface area contributed by atoms with E-state index in [1.807, 2.05) is 37.3 Å². The van der Waals surface area contributed by atoms with E-state index in [9.17, 15) is 0 Å². The molecule has 0 unspecified atom stereocenters. The summed E-state index contributed by atoms with van der Waals surface area (Å²) in [6.45, 7) is 4.12. The Bertz CT molecular complexity index is 623. The van der Waals surface area contributed by atoms with Crippen LogP contribution >= 0.6 is 15.9 Å². The molecule has 1 N–H and O–H groups in total. The van der Waals surface area contributed by atoms with Crippen LogP contribution in [0.1, 0.15) is 25.1 Å². The minimum atomic E-state index is 0.801. The maximum Gasteiger partial charge on any atom is 0.136 e. The predicted octanol–water partition coefficient (Wildman–Crippen LogP) is 4.28. The van der Waals surface area contributed by atoms with Gasteiger partial charge in [0.15, 0.2) is 0 Å². The number of aryl methyl sites for hydroxylation is 1. The van der Waals surface area contributed by atoms with Crippen molar-refractivity contribution in [2.24, 2.45) is 0 Å². The lowest BCUT2D eigenvalue weighted by molar-refractivity contribution is 0.572. The van der Waals surface area contributed by atoms with Crippen molar-refractivity contribution in [2.45, 2.75) is 26.2 Å². The maximum atomic E-state index is 4.58. The number of piperidine rings is 1. The summed E-state index contributed by atoms with van der Waals surface area (Å²) in [4.78, 5) is 11.4. The maximum absolute atomic E-state index is 4.58. The van der Waals surface area contributed by atoms with Gasteiger partial charge in [0.1, 0.15) is 17.5 Å². The van der Waals surface area contributed by atoms with E-state index >= 15 is 0 Å². The first-order valence-electron chi connectivity index (χ1n) is 7.34. The van der Waals surface area contributed by atoms with Gasteiger partial charge >= 0.3 is 0 Å². The molecule has 1 fully saturated rings. The van der Waals surface area contributed by atoms with E-state index in [4.69, 9.17) is 0 Å². The van der Waals surface area contributed by atoms with Gasteiger partial charge < -0.3 is 10.2 Å². The highest BCUT2D eigenvalue weighted by atomic mass is 79.9. The van der Waals surface area contributed by atoms with Crippen LogP contribution in [0.2, 0.25) is 0 Å². The number of hydrogen-bond donors (Lipinski definition) is 1. The predicted molar refractivity (Wildman–Crippen MR) is 90.3 cm³/mol. The third-order valence-electron chi connectivity index (χ3n) is 3.60. The van der Waals surface area contributed by atoms with Crippen LogP contribution in [-0.2, 0) is 0 Å². The first kappa shape index (κ1) is 14.3. The van der Waals surface area contributed by atoms with Crippen LogP contribution in [0.25, 0.3) is 0 Å². The molecule has 1 aliphatic heterocycles. The lowest BCUT2D eigenvalue weighted by atomic mass is 10.1. The zero-order valence-corrected chi connectivity index (χ0v) is 13.7. The van der Waals surface area contributed by atoms with E-state index in [1.165, 1.54) is 19.3 Å². The molecule has 4 nitrogen and oxygen atoms in total. The molecule has 2 heterocycles. The molecular weight excluding hydrogens is 328 g/mol. The van der Waals surface area contributed by atoms with Crippen LogP contribution in [-0.4, -0.2) is 23.1 Å². The fraction of sp³-hybridized carbons (Fsp3) is 0.375. The first-order chi connectivity index (χ1) is 10.2. The summed E-state index contributed by atoms with van der Waals surface area (Å²) in [6.07, 6.45) is 3.82. The molecule has 0 amide bonds. The molecule has 0 radical (unpaired) electrons. The molecule has 0 aliphatic carbocycles. The fourth-order valence-electron chi connectivity index (χ4n) is 2.62. The van der Waals surface area contributed by atoms with Crippen molar-refractivity contribution in [2.75, 3.05) is 23.3 Å². The van der Waals surface area contributed by atoms with Crippen molar-refractivity contribution in [3.05, 3.63) is 40.6 Å². The number of halogens is 1. The molecule has 1 saturated heterocycles. The summed E-state index contributed by atoms with van der Waals surface area (Å²) in [5.74, 6) is 2.68. The third-order valence-corrected chi connectivity index (χ3v) is 4.09. The highest BCUT2D eigenvalue weighted by molar-refractivity contribution is 9.10. The molecule has 3 rings (SSSR count). The molecule has 2 aromatic rings. The fourth-order valence-corrected chi connectivity index (χ4v) is 3.01. The molecule has 0 bridgehead atoms. The molecule has 0 atom stereocenters. The average Bonchev–Trinajstić information content (AvgIpc) is 2.47. The molecule has 5 heteroatoms. The summed E-state index contributed by atoms with van der Waals surface area (Å²) < 4.78 is 1.05. The van der Waals surface area contributed by atoms with Crippen LogP contribution < -0.4 is 10.2 Å². The zero-order valence-electron chi connectivity index (χ0n) is 12.1. The van der Waals surface area contributed by atoms with E-state index in [2.05, 4.69) is 36.1 Å². The van der Waals surface area contributed by atoms with Crippen molar-refractivity contribution in [3.8, 4) is 0 Å². The lowest BCUT2D eigenvalue weighted by Crippen LogP contribution is -2.30. The Labute approximate surface area is 133 Å². The van der Waals surface area contributed by atoms with Crippen molar-refractivity contribution in [1.29, 1.82) is 0 Å². The molecule has 0 spiro atoms. The quantitative estimate of drug-likeness (QED) is 0.900. The van der Waals surface area contributed by atoms with Gasteiger partial charge in [-0.15, -0.1) is 0 Å². The van der Waals surface area contributed by atoms with Gasteiger partial charge in [-0.1, -0.05) is 22.0 Å². The average molecular weight is 347 g/mol. The highest BCUT2D eigenvalue weighted by Crippen LogP contribution is 2.23. The molecule has 1 aromatic carbocycles. The van der Waals surface area contributed by atoms with Gasteiger partial charge in [0.05, 0.1) is 0 Å². The minimum absolute atomic E-state index is 0.801. The van der Waals surface area contributed by atoms with E-state index in [-0.39, 0.29) is 0 Å². The van der Waals surface area contributed by atoms with Crippen molar-refractivity contribution in [3.63, 3.8) is 0 Å². The number of nitrogens with zero attached hydrogens (tertiary/aromatic N) is 3. The summed E-state index contributed by atoms with van der Waals surface area (Å²) >= 11 is 3.49. The van der Waals surface area contributed by atoms with Crippen LogP contribution in [0.3, 0.4) is 0 Å². The van der Waals surface area contributed by atoms with Crippen LogP contribution in [0, 0.1) is 6.92 Å². The molecule has 21 heavy (non-hydrogen) atoms. The van der Waals surface area contributed by atoms with E-state index in [1.54, 1.807) is 0 Å². The SMILES string of the molecule is Cc1nc(Nc2cccc(Br)c2)cc(N2CCCCC2)n1. The van der Waals surface area contributed by atoms with Crippen LogP contribution in [0.4, 0.5) is 17.3 Å². The Morgan fingerprint density at radius 3 is 2.67 bits per heavy atom. The number of nitrogens with one attached hydrogen (secondary N) is 1. The standard InChI is InChI=1S/C16H19BrN4/c1-12-18-15(20-14-7-5-6-13(17)10-14)11-16(19-12)21-8-3-2-4-9-21/h5-7,10-11H,2-4,8-9H2,1H3,(H,18,19,20). The van der Waals surface area contributed by atoms with Gasteiger partial charge in [-0.2, -0.15) is 0 Å². The molecule has 1 aromatic heterocycles. The van der Waals surface area contributed by atoms with Gasteiger partial charge in [-0.05, 0) is 44.4 Å². The molecule has 1 aliphatic rings. The number of hydrogen-bond acceptors (Lipinski definition) is 4. The summed E-state index contributed by atoms with van der Waals surface area (Å²) in [5, 5.41) is 3.36. The van der Waals surface area contributed by atoms with E-state index in [0.717, 1.165) is 40.7 Å². The van der Waals surface area contributed by atoms with E-state index < -0.39 is 0 Å². The second kappa shape index (κ2) is 6.43. The van der Waals surface area contributed by atoms with Crippen molar-refractivity contribution in [1.82, 2.24) is 9.97 Å². The molecular formula is C16H19BrN4. The van der Waals surface area contributed by atoms with Gasteiger partial charge in [0.25, 0.3) is 0 Å². The van der Waals surface area contributed by atoms with Gasteiger partial charge in [-0.3, -0.25) is 0 Å². The number of aromatic nitrogens is 2. The Kier molecular flexibility index (Phi) is 4.39. The monoisotopic (exact) mass is 346 g/mol. The van der Waals surface area contributed by atoms with Gasteiger partial charge in [-0.25, -0.2) is 9.97 Å². The number of anilines is 3. The summed E-state index contributed by atoms with van der Waals surface area (Å²) in [6, 6.07) is 10.1. The van der Waals surface area contributed by atoms with Crippen molar-refractivity contribution >= 4 is 33.3 Å². The number of rotatable bonds is 3. The summed E-state index contributed by atoms with van der Waals surface area (Å²) in [5.41, 5.74) is 1.02. The Hall–Kier alpha value is -1.62. The summed E-state index contributed by atoms with van der Waals surface area (Å²) in [7, 11) is 0. The second-order valence-corrected chi connectivity index (χ2v) is 6.26. The van der Waals surface area contributed by atoms with Crippen molar-refractivity contribution < 1.29 is 0 Å². The lowest BCUT2D eigenvalue weighted by Gasteiger charge is -2.28. The van der Waals surface area contributed by atoms with Crippen LogP contribution in [0.15, 0.2) is 34.8 Å². The van der Waals surface area contributed by atoms with Gasteiger partial charge in [0.2, 0.25) is 0 Å². The second-order valence-electron chi connectivity index (χ2n) is 5.34. The first-order valence-corrected chi connectivity index (χ1v) is 8.13. The smallest absolute Gasteiger partial charge is 0.136 e. The van der Waals surface area contributed by atoms with Crippen LogP contribution in [0.5, 0.6) is 0 Å². The number of benzene rings is 1. The third kappa shape index (κ3) is 3.73. The molecule has 110 valence electrons. The van der Waals surface area contributed by atoms with Gasteiger partial charge in [0, 0.05) is 29.3 Å². The van der Waals surface area contributed by atoms with E-state index in [0.29, 0.717) is 0 Å². The Morgan fingerprint density at radius 1 is 1.10 bits per heavy atom. The Morgan fingerprint density at radius 2 is 1.90 bits per heavy atom. The topological polar surface area (TPSA) is 41.1 Å². The minimum Gasteiger partial charge on any atom is -0.356 e.